The molecule has 1 aromatic heterocycles. The highest BCUT2D eigenvalue weighted by Crippen LogP contribution is 2.15. The number of carbonyl (C=O) groups excluding carboxylic acids is 1. The molecule has 0 unspecified atom stereocenters. The SMILES string of the molecule is O=C(NCc1ccc(C#CCO)s1)c1cccc(Cl)c1. The maximum absolute atomic E-state index is 11.9. The number of rotatable bonds is 3. The van der Waals surface area contributed by atoms with Crippen molar-refractivity contribution in [2.75, 3.05) is 6.61 Å². The summed E-state index contributed by atoms with van der Waals surface area (Å²) in [6, 6.07) is 10.6. The molecule has 0 saturated carbocycles. The van der Waals surface area contributed by atoms with Crippen LogP contribution in [-0.4, -0.2) is 17.6 Å². The van der Waals surface area contributed by atoms with Crippen LogP contribution < -0.4 is 5.32 Å². The van der Waals surface area contributed by atoms with E-state index in [2.05, 4.69) is 17.2 Å². The van der Waals surface area contributed by atoms with Gasteiger partial charge in [0.2, 0.25) is 0 Å². The molecule has 0 fully saturated rings. The van der Waals surface area contributed by atoms with Crippen LogP contribution in [0.15, 0.2) is 36.4 Å². The van der Waals surface area contributed by atoms with Gasteiger partial charge >= 0.3 is 0 Å². The van der Waals surface area contributed by atoms with Gasteiger partial charge in [0.15, 0.2) is 0 Å². The lowest BCUT2D eigenvalue weighted by Crippen LogP contribution is -2.22. The number of aliphatic hydroxyl groups excluding tert-OH is 1. The topological polar surface area (TPSA) is 49.3 Å². The highest BCUT2D eigenvalue weighted by atomic mass is 35.5. The quantitative estimate of drug-likeness (QED) is 0.857. The zero-order chi connectivity index (χ0) is 14.4. The summed E-state index contributed by atoms with van der Waals surface area (Å²) in [5.74, 6) is 5.26. The van der Waals surface area contributed by atoms with Crippen molar-refractivity contribution in [2.24, 2.45) is 0 Å². The first kappa shape index (κ1) is 14.6. The summed E-state index contributed by atoms with van der Waals surface area (Å²) >= 11 is 7.33. The number of halogens is 1. The Morgan fingerprint density at radius 2 is 2.20 bits per heavy atom. The van der Waals surface area contributed by atoms with E-state index >= 15 is 0 Å². The number of carbonyl (C=O) groups is 1. The fraction of sp³-hybridized carbons (Fsp3) is 0.133. The van der Waals surface area contributed by atoms with Gasteiger partial charge in [-0.2, -0.15) is 0 Å². The third kappa shape index (κ3) is 4.10. The first-order chi connectivity index (χ1) is 9.69. The van der Waals surface area contributed by atoms with E-state index in [9.17, 15) is 4.79 Å². The molecule has 0 aliphatic rings. The lowest BCUT2D eigenvalue weighted by atomic mass is 10.2. The Morgan fingerprint density at radius 1 is 1.35 bits per heavy atom. The number of benzene rings is 1. The Morgan fingerprint density at radius 3 is 2.95 bits per heavy atom. The van der Waals surface area contributed by atoms with Gasteiger partial charge in [-0.05, 0) is 30.3 Å². The molecule has 0 radical (unpaired) electrons. The summed E-state index contributed by atoms with van der Waals surface area (Å²) in [5, 5.41) is 12.0. The van der Waals surface area contributed by atoms with Gasteiger partial charge in [-0.1, -0.05) is 29.5 Å². The summed E-state index contributed by atoms with van der Waals surface area (Å²) in [6.45, 7) is 0.287. The highest BCUT2D eigenvalue weighted by Gasteiger charge is 2.06. The number of amides is 1. The number of aliphatic hydroxyl groups is 1. The molecule has 1 heterocycles. The molecule has 1 aromatic carbocycles. The summed E-state index contributed by atoms with van der Waals surface area (Å²) in [6.07, 6.45) is 0. The van der Waals surface area contributed by atoms with Crippen molar-refractivity contribution >= 4 is 28.8 Å². The molecule has 102 valence electrons. The number of hydrogen-bond acceptors (Lipinski definition) is 3. The molecule has 0 spiro atoms. The molecule has 20 heavy (non-hydrogen) atoms. The van der Waals surface area contributed by atoms with Crippen LogP contribution in [0.5, 0.6) is 0 Å². The molecular formula is C15H12ClNO2S. The lowest BCUT2D eigenvalue weighted by Gasteiger charge is -2.03. The average molecular weight is 306 g/mol. The molecule has 0 saturated heterocycles. The fourth-order valence-electron chi connectivity index (χ4n) is 1.57. The van der Waals surface area contributed by atoms with Gasteiger partial charge in [0, 0.05) is 15.5 Å². The Kier molecular flexibility index (Phi) is 5.19. The fourth-order valence-corrected chi connectivity index (χ4v) is 2.58. The van der Waals surface area contributed by atoms with E-state index in [1.807, 2.05) is 12.1 Å². The maximum atomic E-state index is 11.9. The van der Waals surface area contributed by atoms with Crippen LogP contribution in [0.3, 0.4) is 0 Å². The molecule has 0 bridgehead atoms. The zero-order valence-electron chi connectivity index (χ0n) is 10.5. The standard InChI is InChI=1S/C15H12ClNO2S/c16-12-4-1-3-11(9-12)15(19)17-10-14-7-6-13(20-14)5-2-8-18/h1,3-4,6-7,9,18H,8,10H2,(H,17,19). The van der Waals surface area contributed by atoms with Gasteiger partial charge in [0.05, 0.1) is 11.4 Å². The van der Waals surface area contributed by atoms with E-state index < -0.39 is 0 Å². The van der Waals surface area contributed by atoms with Crippen LogP contribution in [0.4, 0.5) is 0 Å². The predicted molar refractivity (Wildman–Crippen MR) is 80.9 cm³/mol. The van der Waals surface area contributed by atoms with E-state index in [1.54, 1.807) is 24.3 Å². The lowest BCUT2D eigenvalue weighted by molar-refractivity contribution is 0.0951. The van der Waals surface area contributed by atoms with Gasteiger partial charge in [-0.15, -0.1) is 11.3 Å². The van der Waals surface area contributed by atoms with Gasteiger partial charge < -0.3 is 10.4 Å². The van der Waals surface area contributed by atoms with Gasteiger partial charge in [-0.3, -0.25) is 4.79 Å². The third-order valence-electron chi connectivity index (χ3n) is 2.46. The van der Waals surface area contributed by atoms with Gasteiger partial charge in [0.1, 0.15) is 6.61 Å². The van der Waals surface area contributed by atoms with Crippen molar-refractivity contribution < 1.29 is 9.90 Å². The van der Waals surface area contributed by atoms with Crippen molar-refractivity contribution in [3.63, 3.8) is 0 Å². The second-order valence-corrected chi connectivity index (χ2v) is 5.52. The van der Waals surface area contributed by atoms with Crippen LogP contribution in [0, 0.1) is 11.8 Å². The van der Waals surface area contributed by atoms with Crippen LogP contribution in [0.1, 0.15) is 20.1 Å². The number of nitrogens with one attached hydrogen (secondary N) is 1. The van der Waals surface area contributed by atoms with E-state index in [0.29, 0.717) is 17.1 Å². The third-order valence-corrected chi connectivity index (χ3v) is 3.70. The van der Waals surface area contributed by atoms with Crippen molar-refractivity contribution in [1.29, 1.82) is 0 Å². The average Bonchev–Trinajstić information content (AvgIpc) is 2.90. The molecule has 2 aromatic rings. The monoisotopic (exact) mass is 305 g/mol. The smallest absolute Gasteiger partial charge is 0.251 e. The molecule has 2 rings (SSSR count). The molecule has 0 atom stereocenters. The molecule has 1 amide bonds. The predicted octanol–water partition coefficient (Wildman–Crippen LogP) is 2.68. The molecular weight excluding hydrogens is 294 g/mol. The molecule has 3 nitrogen and oxygen atoms in total. The normalized spacial score (nSPS) is 9.70. The molecule has 5 heteroatoms. The second kappa shape index (κ2) is 7.11. The number of hydrogen-bond donors (Lipinski definition) is 2. The van der Waals surface area contributed by atoms with Crippen LogP contribution >= 0.6 is 22.9 Å². The molecule has 0 aliphatic carbocycles. The minimum Gasteiger partial charge on any atom is -0.384 e. The largest absolute Gasteiger partial charge is 0.384 e. The van der Waals surface area contributed by atoms with Crippen LogP contribution in [0.2, 0.25) is 5.02 Å². The Hall–Kier alpha value is -1.80. The van der Waals surface area contributed by atoms with Crippen molar-refractivity contribution in [3.05, 3.63) is 56.7 Å². The van der Waals surface area contributed by atoms with E-state index in [-0.39, 0.29) is 12.5 Å². The summed E-state index contributed by atoms with van der Waals surface area (Å²) in [7, 11) is 0. The number of thiophene rings is 1. The zero-order valence-corrected chi connectivity index (χ0v) is 12.1. The van der Waals surface area contributed by atoms with Crippen molar-refractivity contribution in [1.82, 2.24) is 5.32 Å². The van der Waals surface area contributed by atoms with Gasteiger partial charge in [-0.25, -0.2) is 0 Å². The van der Waals surface area contributed by atoms with Crippen molar-refractivity contribution in [2.45, 2.75) is 6.54 Å². The summed E-state index contributed by atoms with van der Waals surface area (Å²) in [4.78, 5) is 13.8. The van der Waals surface area contributed by atoms with E-state index in [4.69, 9.17) is 16.7 Å². The minimum atomic E-state index is -0.163. The summed E-state index contributed by atoms with van der Waals surface area (Å²) in [5.41, 5.74) is 0.536. The Bertz CT molecular complexity index is 670. The second-order valence-electron chi connectivity index (χ2n) is 3.92. The first-order valence-electron chi connectivity index (χ1n) is 5.91. The van der Waals surface area contributed by atoms with E-state index in [1.165, 1.54) is 11.3 Å². The van der Waals surface area contributed by atoms with Crippen LogP contribution in [-0.2, 0) is 6.54 Å². The molecule has 2 N–H and O–H groups in total. The van der Waals surface area contributed by atoms with E-state index in [0.717, 1.165) is 9.75 Å². The molecule has 0 aliphatic heterocycles. The van der Waals surface area contributed by atoms with Crippen LogP contribution in [0.25, 0.3) is 0 Å². The van der Waals surface area contributed by atoms with Gasteiger partial charge in [0.25, 0.3) is 5.91 Å². The first-order valence-corrected chi connectivity index (χ1v) is 7.10. The Labute approximate surface area is 126 Å². The van der Waals surface area contributed by atoms with Crippen molar-refractivity contribution in [3.8, 4) is 11.8 Å². The minimum absolute atomic E-state index is 0.154. The summed E-state index contributed by atoms with van der Waals surface area (Å²) < 4.78 is 0. The maximum Gasteiger partial charge on any atom is 0.251 e. The highest BCUT2D eigenvalue weighted by molar-refractivity contribution is 7.12. The Balaban J connectivity index is 1.95.